The fraction of sp³-hybridized carbons (Fsp3) is 0.500. The largest absolute Gasteiger partial charge is 0.489 e. The maximum absolute atomic E-state index is 12.0. The summed E-state index contributed by atoms with van der Waals surface area (Å²) < 4.78 is 5.63. The van der Waals surface area contributed by atoms with Gasteiger partial charge in [-0.1, -0.05) is 19.9 Å². The Morgan fingerprint density at radius 2 is 2.00 bits per heavy atom. The van der Waals surface area contributed by atoms with Gasteiger partial charge < -0.3 is 20.1 Å². The van der Waals surface area contributed by atoms with E-state index in [1.165, 1.54) is 4.90 Å². The molecule has 22 heavy (non-hydrogen) atoms. The highest BCUT2D eigenvalue weighted by atomic mass is 16.5. The Morgan fingerprint density at radius 3 is 2.64 bits per heavy atom. The molecule has 1 amide bonds. The molecule has 0 radical (unpaired) electrons. The molecular formula is C16H22N2O4. The first-order valence-electron chi connectivity index (χ1n) is 7.33. The molecule has 1 atom stereocenters. The fourth-order valence-corrected chi connectivity index (χ4v) is 2.39. The lowest BCUT2D eigenvalue weighted by atomic mass is 10.0. The molecule has 0 aliphatic carbocycles. The Kier molecular flexibility index (Phi) is 4.83. The van der Waals surface area contributed by atoms with E-state index >= 15 is 0 Å². The van der Waals surface area contributed by atoms with Crippen molar-refractivity contribution in [3.8, 4) is 5.75 Å². The van der Waals surface area contributed by atoms with Gasteiger partial charge in [0.05, 0.1) is 11.3 Å². The number of nitrogens with one attached hydrogen (secondary N) is 1. The molecule has 120 valence electrons. The van der Waals surface area contributed by atoms with Gasteiger partial charge >= 0.3 is 0 Å². The van der Waals surface area contributed by atoms with Crippen molar-refractivity contribution in [2.45, 2.75) is 32.9 Å². The van der Waals surface area contributed by atoms with Crippen molar-refractivity contribution in [2.24, 2.45) is 0 Å². The molecule has 1 unspecified atom stereocenters. The normalized spacial score (nSPS) is 15.5. The summed E-state index contributed by atoms with van der Waals surface area (Å²) in [6.07, 6.45) is -0.669. The topological polar surface area (TPSA) is 78.9 Å². The second kappa shape index (κ2) is 6.46. The van der Waals surface area contributed by atoms with Crippen molar-refractivity contribution in [3.05, 3.63) is 23.3 Å². The third-order valence-electron chi connectivity index (χ3n) is 3.60. The molecular weight excluding hydrogens is 284 g/mol. The van der Waals surface area contributed by atoms with Crippen molar-refractivity contribution in [3.63, 3.8) is 0 Å². The number of aliphatic hydroxyl groups excluding tert-OH is 1. The van der Waals surface area contributed by atoms with Crippen LogP contribution in [-0.2, 0) is 4.79 Å². The number of benzene rings is 1. The van der Waals surface area contributed by atoms with Gasteiger partial charge in [0.2, 0.25) is 0 Å². The number of nitrogens with zero attached hydrogens (tertiary/aromatic N) is 1. The van der Waals surface area contributed by atoms with Crippen LogP contribution in [0.2, 0.25) is 0 Å². The average molecular weight is 306 g/mol. The van der Waals surface area contributed by atoms with Crippen LogP contribution in [0.15, 0.2) is 12.1 Å². The first-order valence-corrected chi connectivity index (χ1v) is 7.33. The molecule has 0 aromatic heterocycles. The molecule has 2 rings (SSSR count). The molecule has 1 heterocycles. The van der Waals surface area contributed by atoms with E-state index in [4.69, 9.17) is 4.74 Å². The number of amides is 1. The van der Waals surface area contributed by atoms with Gasteiger partial charge in [-0.05, 0) is 18.6 Å². The summed E-state index contributed by atoms with van der Waals surface area (Å²) in [6.45, 7) is 6.28. The SMILES string of the molecule is Cc1ccc(OCC(O)CNC(C)C)c2c1C(=O)C(=O)N2C. The average Bonchev–Trinajstić information content (AvgIpc) is 2.70. The zero-order valence-electron chi connectivity index (χ0n) is 13.3. The molecule has 0 saturated heterocycles. The Hall–Kier alpha value is -1.92. The van der Waals surface area contributed by atoms with E-state index < -0.39 is 17.8 Å². The molecule has 0 bridgehead atoms. The van der Waals surface area contributed by atoms with E-state index in [1.807, 2.05) is 13.8 Å². The van der Waals surface area contributed by atoms with Gasteiger partial charge in [0.1, 0.15) is 18.5 Å². The summed E-state index contributed by atoms with van der Waals surface area (Å²) >= 11 is 0. The highest BCUT2D eigenvalue weighted by molar-refractivity contribution is 6.52. The molecule has 6 heteroatoms. The number of ether oxygens (including phenoxy) is 1. The number of likely N-dealkylation sites (N-methyl/N-ethyl adjacent to an activating group) is 1. The van der Waals surface area contributed by atoms with E-state index in [9.17, 15) is 14.7 Å². The van der Waals surface area contributed by atoms with Crippen molar-refractivity contribution in [1.82, 2.24) is 5.32 Å². The van der Waals surface area contributed by atoms with Crippen LogP contribution in [-0.4, -0.2) is 49.1 Å². The molecule has 1 aromatic rings. The first-order chi connectivity index (χ1) is 10.3. The minimum Gasteiger partial charge on any atom is -0.489 e. The third kappa shape index (κ3) is 3.13. The van der Waals surface area contributed by atoms with Crippen LogP contribution in [0.1, 0.15) is 29.8 Å². The molecule has 1 aliphatic rings. The van der Waals surface area contributed by atoms with Gasteiger partial charge in [-0.25, -0.2) is 0 Å². The summed E-state index contributed by atoms with van der Waals surface area (Å²) in [5.74, 6) is -0.635. The maximum Gasteiger partial charge on any atom is 0.299 e. The number of carbonyl (C=O) groups excluding carboxylic acids is 2. The van der Waals surface area contributed by atoms with E-state index in [0.29, 0.717) is 23.5 Å². The number of hydrogen-bond acceptors (Lipinski definition) is 5. The molecule has 6 nitrogen and oxygen atoms in total. The predicted molar refractivity (Wildman–Crippen MR) is 83.6 cm³/mol. The zero-order valence-corrected chi connectivity index (χ0v) is 13.3. The highest BCUT2D eigenvalue weighted by Crippen LogP contribution is 2.38. The first kappa shape index (κ1) is 16.5. The number of rotatable bonds is 6. The van der Waals surface area contributed by atoms with Gasteiger partial charge in [0.15, 0.2) is 0 Å². The lowest BCUT2D eigenvalue weighted by Crippen LogP contribution is -2.35. The van der Waals surface area contributed by atoms with E-state index in [2.05, 4.69) is 5.32 Å². The molecule has 1 aliphatic heterocycles. The quantitative estimate of drug-likeness (QED) is 0.763. The Bertz CT molecular complexity index is 598. The standard InChI is InChI=1S/C16H22N2O4/c1-9(2)17-7-11(19)8-22-12-6-5-10(3)13-14(12)18(4)16(21)15(13)20/h5-6,9,11,17,19H,7-8H2,1-4H3. The van der Waals surface area contributed by atoms with Gasteiger partial charge in [0, 0.05) is 19.6 Å². The Balaban J connectivity index is 2.14. The summed E-state index contributed by atoms with van der Waals surface area (Å²) in [5, 5.41) is 13.0. The maximum atomic E-state index is 12.0. The van der Waals surface area contributed by atoms with E-state index in [-0.39, 0.29) is 12.6 Å². The van der Waals surface area contributed by atoms with Crippen molar-refractivity contribution < 1.29 is 19.4 Å². The molecule has 0 fully saturated rings. The lowest BCUT2D eigenvalue weighted by Gasteiger charge is -2.19. The number of anilines is 1. The van der Waals surface area contributed by atoms with Gasteiger partial charge in [-0.2, -0.15) is 0 Å². The zero-order chi connectivity index (χ0) is 16.4. The number of Topliss-reactive ketones (excluding diaryl/α,β-unsaturated/α-hetero) is 1. The molecule has 0 saturated carbocycles. The number of carbonyl (C=O) groups is 2. The van der Waals surface area contributed by atoms with Crippen LogP contribution in [0.3, 0.4) is 0 Å². The lowest BCUT2D eigenvalue weighted by molar-refractivity contribution is -0.114. The number of fused-ring (bicyclic) bond motifs is 1. The van der Waals surface area contributed by atoms with E-state index in [1.54, 1.807) is 26.1 Å². The minimum atomic E-state index is -0.669. The number of ketones is 1. The Labute approximate surface area is 130 Å². The number of hydrogen-bond donors (Lipinski definition) is 2. The number of aryl methyl sites for hydroxylation is 1. The van der Waals surface area contributed by atoms with Crippen LogP contribution < -0.4 is 15.0 Å². The summed E-state index contributed by atoms with van der Waals surface area (Å²) in [5.41, 5.74) is 1.62. The minimum absolute atomic E-state index is 0.0887. The van der Waals surface area contributed by atoms with Crippen LogP contribution in [0, 0.1) is 6.92 Å². The number of aliphatic hydroxyl groups is 1. The summed E-state index contributed by atoms with van der Waals surface area (Å²) in [6, 6.07) is 3.75. The monoisotopic (exact) mass is 306 g/mol. The van der Waals surface area contributed by atoms with Crippen molar-refractivity contribution in [1.29, 1.82) is 0 Å². The summed E-state index contributed by atoms with van der Waals surface area (Å²) in [4.78, 5) is 25.1. The van der Waals surface area contributed by atoms with Crippen LogP contribution >= 0.6 is 0 Å². The van der Waals surface area contributed by atoms with Crippen molar-refractivity contribution >= 4 is 17.4 Å². The Morgan fingerprint density at radius 1 is 1.32 bits per heavy atom. The second-order valence-corrected chi connectivity index (χ2v) is 5.83. The van der Waals surface area contributed by atoms with Crippen LogP contribution in [0.25, 0.3) is 0 Å². The van der Waals surface area contributed by atoms with Crippen molar-refractivity contribution in [2.75, 3.05) is 25.1 Å². The van der Waals surface area contributed by atoms with Gasteiger partial charge in [0.25, 0.3) is 11.7 Å². The molecule has 1 aromatic carbocycles. The highest BCUT2D eigenvalue weighted by Gasteiger charge is 2.37. The third-order valence-corrected chi connectivity index (χ3v) is 3.60. The van der Waals surface area contributed by atoms with Gasteiger partial charge in [-0.3, -0.25) is 9.59 Å². The van der Waals surface area contributed by atoms with Gasteiger partial charge in [-0.15, -0.1) is 0 Å². The predicted octanol–water partition coefficient (Wildman–Crippen LogP) is 0.892. The van der Waals surface area contributed by atoms with Crippen LogP contribution in [0.5, 0.6) is 5.75 Å². The molecule has 2 N–H and O–H groups in total. The van der Waals surface area contributed by atoms with Crippen LogP contribution in [0.4, 0.5) is 5.69 Å². The fourth-order valence-electron chi connectivity index (χ4n) is 2.39. The summed E-state index contributed by atoms with van der Waals surface area (Å²) in [7, 11) is 1.55. The second-order valence-electron chi connectivity index (χ2n) is 5.83. The smallest absolute Gasteiger partial charge is 0.299 e. The van der Waals surface area contributed by atoms with E-state index in [0.717, 1.165) is 5.56 Å². The molecule has 0 spiro atoms.